The number of halogens is 3. The van der Waals surface area contributed by atoms with Gasteiger partial charge in [-0.15, -0.1) is 5.10 Å². The number of nitrogen functional groups attached to an aromatic ring is 1. The Bertz CT molecular complexity index is 712. The Balaban J connectivity index is 2.48. The summed E-state index contributed by atoms with van der Waals surface area (Å²) in [4.78, 5) is 25.9. The molecule has 144 valence electrons. The van der Waals surface area contributed by atoms with Crippen LogP contribution in [0.3, 0.4) is 0 Å². The molecule has 1 saturated heterocycles. The fourth-order valence-electron chi connectivity index (χ4n) is 2.95. The minimum atomic E-state index is -4.62. The zero-order valence-electron chi connectivity index (χ0n) is 14.3. The molecule has 0 aliphatic carbocycles. The smallest absolute Gasteiger partial charge is 0.393 e. The van der Waals surface area contributed by atoms with Crippen molar-refractivity contribution in [1.82, 2.24) is 15.5 Å². The second kappa shape index (κ2) is 6.96. The number of rotatable bonds is 5. The molecule has 8 nitrogen and oxygen atoms in total. The molecule has 0 spiro atoms. The molecule has 1 aliphatic rings. The third-order valence-electron chi connectivity index (χ3n) is 4.63. The molecule has 0 aromatic carbocycles. The minimum Gasteiger partial charge on any atom is -0.480 e. The summed E-state index contributed by atoms with van der Waals surface area (Å²) in [6.45, 7) is 1.68. The number of carboxylic acids is 1. The van der Waals surface area contributed by atoms with Crippen molar-refractivity contribution in [2.75, 3.05) is 30.8 Å². The molecule has 0 saturated carbocycles. The number of carboxylic acid groups (broad SMARTS) is 1. The van der Waals surface area contributed by atoms with E-state index >= 15 is 0 Å². The third kappa shape index (κ3) is 3.65. The molecule has 1 unspecified atom stereocenters. The van der Waals surface area contributed by atoms with Crippen molar-refractivity contribution in [3.8, 4) is 0 Å². The predicted octanol–water partition coefficient (Wildman–Crippen LogP) is 0.827. The lowest BCUT2D eigenvalue weighted by atomic mass is 9.72. The number of aliphatic carboxylic acids is 1. The Hall–Kier alpha value is -2.59. The van der Waals surface area contributed by atoms with Crippen molar-refractivity contribution in [3.05, 3.63) is 11.8 Å². The van der Waals surface area contributed by atoms with Crippen LogP contribution in [-0.2, 0) is 16.0 Å². The third-order valence-corrected chi connectivity index (χ3v) is 4.63. The number of hydrogen-bond acceptors (Lipinski definition) is 6. The molecular formula is C15H20F3N5O3. The van der Waals surface area contributed by atoms with E-state index in [0.29, 0.717) is 12.2 Å². The molecule has 2 rings (SSSR count). The summed E-state index contributed by atoms with van der Waals surface area (Å²) >= 11 is 0. The monoisotopic (exact) mass is 375 g/mol. The molecule has 1 aliphatic heterocycles. The minimum absolute atomic E-state index is 0.0784. The maximum atomic E-state index is 13.1. The van der Waals surface area contributed by atoms with E-state index in [4.69, 9.17) is 5.73 Å². The zero-order chi connectivity index (χ0) is 19.7. The molecule has 11 heteroatoms. The van der Waals surface area contributed by atoms with Gasteiger partial charge in [-0.25, -0.2) is 0 Å². The Morgan fingerprint density at radius 1 is 1.50 bits per heavy atom. The van der Waals surface area contributed by atoms with E-state index < -0.39 is 48.8 Å². The number of hydrogen-bond donors (Lipinski definition) is 3. The van der Waals surface area contributed by atoms with Gasteiger partial charge in [0, 0.05) is 32.6 Å². The van der Waals surface area contributed by atoms with Crippen LogP contribution in [0.1, 0.15) is 19.0 Å². The molecule has 0 bridgehead atoms. The SMILES string of the molecule is CCN(C)c1cc(N)nnc1CC1(C(=O)O)C[C@@H](C(F)(F)F)CNC1=O. The van der Waals surface area contributed by atoms with E-state index in [9.17, 15) is 27.9 Å². The van der Waals surface area contributed by atoms with Gasteiger partial charge in [0.15, 0.2) is 5.41 Å². The van der Waals surface area contributed by atoms with Crippen molar-refractivity contribution in [2.45, 2.75) is 25.9 Å². The van der Waals surface area contributed by atoms with Crippen LogP contribution in [-0.4, -0.2) is 53.5 Å². The Kier molecular flexibility index (Phi) is 5.28. The second-order valence-electron chi connectivity index (χ2n) is 6.33. The molecule has 1 amide bonds. The van der Waals surface area contributed by atoms with Gasteiger partial charge in [0.1, 0.15) is 5.82 Å². The first-order valence-corrected chi connectivity index (χ1v) is 7.93. The molecule has 0 radical (unpaired) electrons. The normalized spacial score (nSPS) is 23.4. The molecule has 1 aromatic heterocycles. The van der Waals surface area contributed by atoms with Gasteiger partial charge in [0.2, 0.25) is 5.91 Å². The number of alkyl halides is 3. The van der Waals surface area contributed by atoms with Gasteiger partial charge in [-0.05, 0) is 13.3 Å². The molecule has 1 aromatic rings. The van der Waals surface area contributed by atoms with E-state index in [1.165, 1.54) is 6.07 Å². The highest BCUT2D eigenvalue weighted by Gasteiger charge is 2.56. The summed E-state index contributed by atoms with van der Waals surface area (Å²) in [5.74, 6) is -4.47. The maximum absolute atomic E-state index is 13.1. The van der Waals surface area contributed by atoms with Crippen molar-refractivity contribution < 1.29 is 27.9 Å². The van der Waals surface area contributed by atoms with Gasteiger partial charge in [0.05, 0.1) is 17.3 Å². The second-order valence-corrected chi connectivity index (χ2v) is 6.33. The van der Waals surface area contributed by atoms with Crippen LogP contribution in [0, 0.1) is 11.3 Å². The Labute approximate surface area is 147 Å². The zero-order valence-corrected chi connectivity index (χ0v) is 14.3. The number of nitrogens with one attached hydrogen (secondary N) is 1. The summed E-state index contributed by atoms with van der Waals surface area (Å²) in [5, 5.41) is 19.2. The highest BCUT2D eigenvalue weighted by atomic mass is 19.4. The van der Waals surface area contributed by atoms with Gasteiger partial charge in [0.25, 0.3) is 0 Å². The van der Waals surface area contributed by atoms with E-state index in [0.717, 1.165) is 0 Å². The molecule has 2 heterocycles. The summed E-state index contributed by atoms with van der Waals surface area (Å²) in [6, 6.07) is 1.45. The average Bonchev–Trinajstić information content (AvgIpc) is 2.56. The number of piperidine rings is 1. The van der Waals surface area contributed by atoms with E-state index in [1.807, 2.05) is 6.92 Å². The lowest BCUT2D eigenvalue weighted by molar-refractivity contribution is -0.194. The molecule has 26 heavy (non-hydrogen) atoms. The van der Waals surface area contributed by atoms with Gasteiger partial charge in [-0.2, -0.15) is 18.3 Å². The predicted molar refractivity (Wildman–Crippen MR) is 86.3 cm³/mol. The maximum Gasteiger partial charge on any atom is 0.393 e. The first-order valence-electron chi connectivity index (χ1n) is 7.93. The topological polar surface area (TPSA) is 121 Å². The van der Waals surface area contributed by atoms with Gasteiger partial charge in [-0.3, -0.25) is 9.59 Å². The van der Waals surface area contributed by atoms with Crippen molar-refractivity contribution in [1.29, 1.82) is 0 Å². The highest BCUT2D eigenvalue weighted by Crippen LogP contribution is 2.42. The largest absolute Gasteiger partial charge is 0.480 e. The summed E-state index contributed by atoms with van der Waals surface area (Å²) in [6.07, 6.45) is -6.00. The first kappa shape index (κ1) is 19.7. The first-order chi connectivity index (χ1) is 12.0. The number of anilines is 2. The number of carbonyl (C=O) groups excluding carboxylic acids is 1. The van der Waals surface area contributed by atoms with Crippen LogP contribution in [0.2, 0.25) is 0 Å². The summed E-state index contributed by atoms with van der Waals surface area (Å²) in [7, 11) is 1.69. The Morgan fingerprint density at radius 2 is 2.15 bits per heavy atom. The number of nitrogens with two attached hydrogens (primary N) is 1. The van der Waals surface area contributed by atoms with Crippen LogP contribution < -0.4 is 16.0 Å². The fraction of sp³-hybridized carbons (Fsp3) is 0.600. The van der Waals surface area contributed by atoms with Crippen LogP contribution in [0.4, 0.5) is 24.7 Å². The van der Waals surface area contributed by atoms with Gasteiger partial charge in [-0.1, -0.05) is 0 Å². The van der Waals surface area contributed by atoms with Crippen molar-refractivity contribution in [2.24, 2.45) is 11.3 Å². The highest BCUT2D eigenvalue weighted by molar-refractivity contribution is 6.02. The standard InChI is InChI=1S/C15H20F3N5O3/c1-3-23(2)10-4-11(19)22-21-9(10)6-14(13(25)26)5-8(15(16,17)18)7-20-12(14)24/h4,8H,3,5-7H2,1-2H3,(H2,19,22)(H,20,24)(H,25,26)/t8-,14?/m1/s1. The van der Waals surface area contributed by atoms with Crippen LogP contribution in [0.25, 0.3) is 0 Å². The van der Waals surface area contributed by atoms with E-state index in [-0.39, 0.29) is 11.5 Å². The quantitative estimate of drug-likeness (QED) is 0.652. The van der Waals surface area contributed by atoms with E-state index in [2.05, 4.69) is 15.5 Å². The van der Waals surface area contributed by atoms with Crippen molar-refractivity contribution >= 4 is 23.4 Å². The van der Waals surface area contributed by atoms with Crippen molar-refractivity contribution in [3.63, 3.8) is 0 Å². The average molecular weight is 375 g/mol. The molecule has 2 atom stereocenters. The van der Waals surface area contributed by atoms with E-state index in [1.54, 1.807) is 11.9 Å². The molecule has 4 N–H and O–H groups in total. The number of carbonyl (C=O) groups is 2. The van der Waals surface area contributed by atoms with Crippen LogP contribution >= 0.6 is 0 Å². The number of aromatic nitrogens is 2. The number of amides is 1. The van der Waals surface area contributed by atoms with Crippen LogP contribution in [0.5, 0.6) is 0 Å². The summed E-state index contributed by atoms with van der Waals surface area (Å²) < 4.78 is 39.4. The van der Waals surface area contributed by atoms with Gasteiger partial charge < -0.3 is 21.1 Å². The lowest BCUT2D eigenvalue weighted by Crippen LogP contribution is -2.57. The van der Waals surface area contributed by atoms with Crippen LogP contribution in [0.15, 0.2) is 6.07 Å². The fourth-order valence-corrected chi connectivity index (χ4v) is 2.95. The molecular weight excluding hydrogens is 355 g/mol. The summed E-state index contributed by atoms with van der Waals surface area (Å²) in [5.41, 5.74) is 3.84. The Morgan fingerprint density at radius 3 is 2.69 bits per heavy atom. The van der Waals surface area contributed by atoms with Gasteiger partial charge >= 0.3 is 12.1 Å². The number of nitrogens with zero attached hydrogens (tertiary/aromatic N) is 3. The lowest BCUT2D eigenvalue weighted by Gasteiger charge is -2.37. The molecule has 1 fully saturated rings.